The highest BCUT2D eigenvalue weighted by atomic mass is 35.5. The van der Waals surface area contributed by atoms with E-state index >= 15 is 0 Å². The summed E-state index contributed by atoms with van der Waals surface area (Å²) in [4.78, 5) is 34.2. The number of non-ortho nitro benzene ring substituents is 1. The van der Waals surface area contributed by atoms with E-state index in [0.29, 0.717) is 5.56 Å². The van der Waals surface area contributed by atoms with Gasteiger partial charge in [-0.1, -0.05) is 23.7 Å². The number of amides is 1. The number of hydrogen-bond donors (Lipinski definition) is 1. The zero-order valence-corrected chi connectivity index (χ0v) is 16.1. The molecule has 11 heteroatoms. The van der Waals surface area contributed by atoms with Gasteiger partial charge < -0.3 is 14.8 Å². The summed E-state index contributed by atoms with van der Waals surface area (Å²) < 4.78 is 33.6. The average molecular weight is 441 g/mol. The quantitative estimate of drug-likeness (QED) is 0.281. The SMILES string of the molecule is CC(OC(=O)/C=C/c1cccc([N+](=O)[O-])c1)C(=O)Nc1ccc(OC(F)F)c(Cl)c1. The predicted octanol–water partition coefficient (Wildman–Crippen LogP) is 4.43. The molecule has 1 unspecified atom stereocenters. The number of anilines is 1. The summed E-state index contributed by atoms with van der Waals surface area (Å²) in [5, 5.41) is 13.0. The Morgan fingerprint density at radius 2 is 1.97 bits per heavy atom. The van der Waals surface area contributed by atoms with E-state index in [9.17, 15) is 28.5 Å². The summed E-state index contributed by atoms with van der Waals surface area (Å²) in [6.07, 6.45) is 1.14. The van der Waals surface area contributed by atoms with Gasteiger partial charge in [-0.25, -0.2) is 4.79 Å². The van der Waals surface area contributed by atoms with Gasteiger partial charge in [-0.15, -0.1) is 0 Å². The van der Waals surface area contributed by atoms with Gasteiger partial charge in [-0.05, 0) is 36.8 Å². The molecule has 0 spiro atoms. The lowest BCUT2D eigenvalue weighted by atomic mass is 10.2. The summed E-state index contributed by atoms with van der Waals surface area (Å²) in [7, 11) is 0. The monoisotopic (exact) mass is 440 g/mol. The van der Waals surface area contributed by atoms with Crippen LogP contribution in [0.4, 0.5) is 20.2 Å². The Kier molecular flexibility index (Phi) is 7.82. The summed E-state index contributed by atoms with van der Waals surface area (Å²) in [5.74, 6) is -1.79. The van der Waals surface area contributed by atoms with Crippen molar-refractivity contribution in [3.8, 4) is 5.75 Å². The van der Waals surface area contributed by atoms with Crippen molar-refractivity contribution in [2.45, 2.75) is 19.6 Å². The Morgan fingerprint density at radius 1 is 1.23 bits per heavy atom. The Bertz CT molecular complexity index is 983. The number of alkyl halides is 2. The van der Waals surface area contributed by atoms with Crippen LogP contribution in [-0.2, 0) is 14.3 Å². The van der Waals surface area contributed by atoms with Gasteiger partial charge in [0.25, 0.3) is 11.6 Å². The van der Waals surface area contributed by atoms with E-state index in [2.05, 4.69) is 10.1 Å². The maximum atomic E-state index is 12.2. The molecule has 0 fully saturated rings. The Labute approximate surface area is 174 Å². The van der Waals surface area contributed by atoms with E-state index in [1.54, 1.807) is 6.07 Å². The van der Waals surface area contributed by atoms with Gasteiger partial charge >= 0.3 is 12.6 Å². The zero-order chi connectivity index (χ0) is 22.3. The third-order valence-corrected chi connectivity index (χ3v) is 3.87. The van der Waals surface area contributed by atoms with Crippen molar-refractivity contribution in [3.05, 3.63) is 69.2 Å². The molecule has 2 aromatic rings. The van der Waals surface area contributed by atoms with Crippen molar-refractivity contribution >= 4 is 40.9 Å². The van der Waals surface area contributed by atoms with E-state index < -0.39 is 29.5 Å². The molecular formula is C19H15ClF2N2O6. The number of nitrogens with zero attached hydrogens (tertiary/aromatic N) is 1. The molecule has 158 valence electrons. The van der Waals surface area contributed by atoms with E-state index in [1.165, 1.54) is 43.3 Å². The first-order valence-electron chi connectivity index (χ1n) is 8.34. The highest BCUT2D eigenvalue weighted by molar-refractivity contribution is 6.32. The molecule has 1 N–H and O–H groups in total. The Hall–Kier alpha value is -3.53. The Morgan fingerprint density at radius 3 is 2.60 bits per heavy atom. The molecular weight excluding hydrogens is 426 g/mol. The van der Waals surface area contributed by atoms with Crippen LogP contribution < -0.4 is 10.1 Å². The molecule has 30 heavy (non-hydrogen) atoms. The maximum Gasteiger partial charge on any atom is 0.387 e. The number of nitrogens with one attached hydrogen (secondary N) is 1. The minimum Gasteiger partial charge on any atom is -0.449 e. The van der Waals surface area contributed by atoms with Crippen LogP contribution in [0.1, 0.15) is 12.5 Å². The predicted molar refractivity (Wildman–Crippen MR) is 104 cm³/mol. The number of halogens is 3. The lowest BCUT2D eigenvalue weighted by Gasteiger charge is -2.13. The molecule has 2 rings (SSSR count). The summed E-state index contributed by atoms with van der Waals surface area (Å²) in [6.45, 7) is -1.72. The maximum absolute atomic E-state index is 12.2. The van der Waals surface area contributed by atoms with Crippen LogP contribution >= 0.6 is 11.6 Å². The molecule has 0 saturated heterocycles. The number of carbonyl (C=O) groups excluding carboxylic acids is 2. The standard InChI is InChI=1S/C19H15ClF2N2O6/c1-11(18(26)23-13-6-7-16(15(20)10-13)30-19(21)22)29-17(25)8-5-12-3-2-4-14(9-12)24(27)28/h2-11,19H,1H3,(H,23,26)/b8-5+. The van der Waals surface area contributed by atoms with Crippen molar-refractivity contribution in [1.29, 1.82) is 0 Å². The number of nitro benzene ring substituents is 1. The molecule has 0 saturated carbocycles. The number of nitro groups is 1. The number of rotatable bonds is 8. The molecule has 0 aliphatic heterocycles. The fourth-order valence-electron chi connectivity index (χ4n) is 2.19. The van der Waals surface area contributed by atoms with Crippen LogP contribution in [0.5, 0.6) is 5.75 Å². The van der Waals surface area contributed by atoms with Crippen LogP contribution in [0.3, 0.4) is 0 Å². The van der Waals surface area contributed by atoms with Gasteiger partial charge in [0, 0.05) is 23.9 Å². The molecule has 0 aliphatic carbocycles. The smallest absolute Gasteiger partial charge is 0.387 e. The molecule has 0 aliphatic rings. The normalized spacial score (nSPS) is 11.9. The fraction of sp³-hybridized carbons (Fsp3) is 0.158. The number of esters is 1. The molecule has 2 aromatic carbocycles. The lowest BCUT2D eigenvalue weighted by molar-refractivity contribution is -0.384. The highest BCUT2D eigenvalue weighted by Gasteiger charge is 2.18. The second-order valence-electron chi connectivity index (χ2n) is 5.78. The molecule has 0 radical (unpaired) electrons. The first kappa shape index (κ1) is 22.8. The van der Waals surface area contributed by atoms with E-state index in [1.807, 2.05) is 0 Å². The van der Waals surface area contributed by atoms with Crippen LogP contribution in [0, 0.1) is 10.1 Å². The van der Waals surface area contributed by atoms with Crippen molar-refractivity contribution in [2.75, 3.05) is 5.32 Å². The number of benzene rings is 2. The lowest BCUT2D eigenvalue weighted by Crippen LogP contribution is -2.29. The van der Waals surface area contributed by atoms with Crippen molar-refractivity contribution in [3.63, 3.8) is 0 Å². The summed E-state index contributed by atoms with van der Waals surface area (Å²) >= 11 is 5.80. The van der Waals surface area contributed by atoms with Gasteiger partial charge in [0.05, 0.1) is 9.95 Å². The zero-order valence-electron chi connectivity index (χ0n) is 15.4. The van der Waals surface area contributed by atoms with Gasteiger partial charge in [0.15, 0.2) is 6.10 Å². The topological polar surface area (TPSA) is 108 Å². The van der Waals surface area contributed by atoms with Gasteiger partial charge in [0.2, 0.25) is 0 Å². The molecule has 0 bridgehead atoms. The minimum atomic E-state index is -3.04. The van der Waals surface area contributed by atoms with Crippen LogP contribution in [0.2, 0.25) is 5.02 Å². The van der Waals surface area contributed by atoms with Crippen molar-refractivity contribution in [1.82, 2.24) is 0 Å². The molecule has 1 atom stereocenters. The first-order chi connectivity index (χ1) is 14.2. The largest absolute Gasteiger partial charge is 0.449 e. The third-order valence-electron chi connectivity index (χ3n) is 3.57. The second kappa shape index (κ2) is 10.3. The van der Waals surface area contributed by atoms with E-state index in [4.69, 9.17) is 16.3 Å². The van der Waals surface area contributed by atoms with Crippen LogP contribution in [0.25, 0.3) is 6.08 Å². The first-order valence-corrected chi connectivity index (χ1v) is 8.72. The van der Waals surface area contributed by atoms with E-state index in [0.717, 1.165) is 12.1 Å². The Balaban J connectivity index is 1.93. The van der Waals surface area contributed by atoms with Gasteiger partial charge in [-0.3, -0.25) is 14.9 Å². The minimum absolute atomic E-state index is 0.137. The second-order valence-corrected chi connectivity index (χ2v) is 6.18. The third kappa shape index (κ3) is 6.82. The van der Waals surface area contributed by atoms with Gasteiger partial charge in [0.1, 0.15) is 5.75 Å². The van der Waals surface area contributed by atoms with Crippen molar-refractivity contribution < 1.29 is 32.8 Å². The fourth-order valence-corrected chi connectivity index (χ4v) is 2.41. The number of ether oxygens (including phenoxy) is 2. The van der Waals surface area contributed by atoms with Crippen LogP contribution in [-0.4, -0.2) is 29.5 Å². The molecule has 8 nitrogen and oxygen atoms in total. The summed E-state index contributed by atoms with van der Waals surface area (Å²) in [5.41, 5.74) is 0.447. The van der Waals surface area contributed by atoms with Crippen LogP contribution in [0.15, 0.2) is 48.5 Å². The van der Waals surface area contributed by atoms with Crippen molar-refractivity contribution in [2.24, 2.45) is 0 Å². The molecule has 1 amide bonds. The highest BCUT2D eigenvalue weighted by Crippen LogP contribution is 2.29. The molecule has 0 aromatic heterocycles. The number of hydrogen-bond acceptors (Lipinski definition) is 6. The average Bonchev–Trinajstić information content (AvgIpc) is 2.68. The van der Waals surface area contributed by atoms with Gasteiger partial charge in [-0.2, -0.15) is 8.78 Å². The summed E-state index contributed by atoms with van der Waals surface area (Å²) in [6, 6.07) is 9.24. The van der Waals surface area contributed by atoms with E-state index in [-0.39, 0.29) is 22.1 Å². The number of carbonyl (C=O) groups is 2. The molecule has 0 heterocycles.